The van der Waals surface area contributed by atoms with Crippen LogP contribution < -0.4 is 5.32 Å². The summed E-state index contributed by atoms with van der Waals surface area (Å²) in [5.41, 5.74) is 0.263. The van der Waals surface area contributed by atoms with Gasteiger partial charge in [0.2, 0.25) is 5.82 Å². The van der Waals surface area contributed by atoms with Gasteiger partial charge in [-0.3, -0.25) is 0 Å². The largest absolute Gasteiger partial charge is 0.475 e. The van der Waals surface area contributed by atoms with Crippen molar-refractivity contribution in [3.8, 4) is 0 Å². The molecular weight excluding hydrogens is 263 g/mol. The molecule has 1 aromatic carbocycles. The van der Waals surface area contributed by atoms with Crippen molar-refractivity contribution in [2.45, 2.75) is 6.18 Å². The Morgan fingerprint density at radius 3 is 2.58 bits per heavy atom. The van der Waals surface area contributed by atoms with Crippen molar-refractivity contribution in [1.82, 2.24) is 9.97 Å². The van der Waals surface area contributed by atoms with Gasteiger partial charge in [0.1, 0.15) is 12.4 Å². The third-order valence-electron chi connectivity index (χ3n) is 2.25. The fourth-order valence-corrected chi connectivity index (χ4v) is 1.49. The lowest BCUT2D eigenvalue weighted by Gasteiger charge is -2.11. The average Bonchev–Trinajstić information content (AvgIpc) is 2.34. The summed E-state index contributed by atoms with van der Waals surface area (Å²) < 4.78 is 36.5. The van der Waals surface area contributed by atoms with Crippen LogP contribution in [-0.2, 0) is 0 Å². The predicted octanol–water partition coefficient (Wildman–Crippen LogP) is 2.30. The molecule has 0 aliphatic heterocycles. The van der Waals surface area contributed by atoms with Crippen LogP contribution in [0.5, 0.6) is 0 Å². The van der Waals surface area contributed by atoms with E-state index in [9.17, 15) is 18.0 Å². The van der Waals surface area contributed by atoms with E-state index in [1.807, 2.05) is 0 Å². The van der Waals surface area contributed by atoms with Gasteiger partial charge in [-0.05, 0) is 12.1 Å². The highest BCUT2D eigenvalue weighted by molar-refractivity contribution is 5.93. The van der Waals surface area contributed by atoms with E-state index in [1.54, 1.807) is 12.1 Å². The van der Waals surface area contributed by atoms with Gasteiger partial charge in [0.05, 0.1) is 5.52 Å². The number of carboxylic acids is 1. The van der Waals surface area contributed by atoms with E-state index < -0.39 is 24.5 Å². The molecule has 19 heavy (non-hydrogen) atoms. The normalized spacial score (nSPS) is 11.5. The molecule has 1 heterocycles. The Morgan fingerprint density at radius 1 is 1.26 bits per heavy atom. The smallest absolute Gasteiger partial charge is 0.405 e. The third kappa shape index (κ3) is 3.09. The van der Waals surface area contributed by atoms with Crippen LogP contribution >= 0.6 is 0 Å². The molecule has 0 unspecified atom stereocenters. The van der Waals surface area contributed by atoms with E-state index in [0.717, 1.165) is 0 Å². The molecule has 2 N–H and O–H groups in total. The first-order chi connectivity index (χ1) is 8.87. The highest BCUT2D eigenvalue weighted by atomic mass is 19.4. The molecule has 0 amide bonds. The molecule has 0 aliphatic carbocycles. The standard InChI is InChI=1S/C11H8F3N3O2/c12-11(13,14)5-15-8-6-3-1-2-4-7(6)16-9(17-8)10(18)19/h1-4H,5H2,(H,18,19)(H,15,16,17). The van der Waals surface area contributed by atoms with Crippen LogP contribution in [0.25, 0.3) is 10.9 Å². The highest BCUT2D eigenvalue weighted by Crippen LogP contribution is 2.22. The number of rotatable bonds is 3. The molecule has 100 valence electrons. The lowest BCUT2D eigenvalue weighted by Crippen LogP contribution is -2.22. The van der Waals surface area contributed by atoms with E-state index in [4.69, 9.17) is 5.11 Å². The Kier molecular flexibility index (Phi) is 3.24. The van der Waals surface area contributed by atoms with Crippen molar-refractivity contribution < 1.29 is 23.1 Å². The summed E-state index contributed by atoms with van der Waals surface area (Å²) in [6.45, 7) is -1.30. The molecule has 2 rings (SSSR count). The molecule has 0 saturated carbocycles. The molecule has 1 aromatic heterocycles. The minimum atomic E-state index is -4.42. The van der Waals surface area contributed by atoms with Crippen molar-refractivity contribution in [2.24, 2.45) is 0 Å². The van der Waals surface area contributed by atoms with Gasteiger partial charge >= 0.3 is 12.1 Å². The zero-order valence-electron chi connectivity index (χ0n) is 9.40. The Labute approximate surface area is 105 Å². The van der Waals surface area contributed by atoms with Crippen molar-refractivity contribution in [3.05, 3.63) is 30.1 Å². The van der Waals surface area contributed by atoms with Gasteiger partial charge in [-0.2, -0.15) is 13.2 Å². The maximum atomic E-state index is 12.2. The predicted molar refractivity (Wildman–Crippen MR) is 61.0 cm³/mol. The number of fused-ring (bicyclic) bond motifs is 1. The van der Waals surface area contributed by atoms with Gasteiger partial charge in [0.25, 0.3) is 0 Å². The Morgan fingerprint density at radius 2 is 1.95 bits per heavy atom. The van der Waals surface area contributed by atoms with Gasteiger partial charge in [-0.25, -0.2) is 14.8 Å². The molecule has 8 heteroatoms. The van der Waals surface area contributed by atoms with Crippen molar-refractivity contribution in [3.63, 3.8) is 0 Å². The van der Waals surface area contributed by atoms with Crippen LogP contribution in [0.4, 0.5) is 19.0 Å². The number of nitrogens with zero attached hydrogens (tertiary/aromatic N) is 2. The summed E-state index contributed by atoms with van der Waals surface area (Å²) >= 11 is 0. The quantitative estimate of drug-likeness (QED) is 0.895. The summed E-state index contributed by atoms with van der Waals surface area (Å²) in [7, 11) is 0. The molecule has 5 nitrogen and oxygen atoms in total. The first-order valence-electron chi connectivity index (χ1n) is 5.17. The minimum Gasteiger partial charge on any atom is -0.475 e. The number of benzene rings is 1. The summed E-state index contributed by atoms with van der Waals surface area (Å²) in [4.78, 5) is 18.2. The molecule has 0 aliphatic rings. The molecule has 0 radical (unpaired) electrons. The maximum absolute atomic E-state index is 12.2. The number of aromatic carboxylic acids is 1. The van der Waals surface area contributed by atoms with Gasteiger partial charge in [0, 0.05) is 5.39 Å². The van der Waals surface area contributed by atoms with Crippen molar-refractivity contribution >= 4 is 22.7 Å². The van der Waals surface area contributed by atoms with Crippen molar-refractivity contribution in [2.75, 3.05) is 11.9 Å². The number of para-hydroxylation sites is 1. The maximum Gasteiger partial charge on any atom is 0.405 e. The third-order valence-corrected chi connectivity index (χ3v) is 2.25. The second-order valence-electron chi connectivity index (χ2n) is 3.69. The molecule has 0 fully saturated rings. The lowest BCUT2D eigenvalue weighted by molar-refractivity contribution is -0.115. The summed E-state index contributed by atoms with van der Waals surface area (Å²) in [6.07, 6.45) is -4.42. The van der Waals surface area contributed by atoms with Crippen LogP contribution in [-0.4, -0.2) is 33.8 Å². The number of anilines is 1. The highest BCUT2D eigenvalue weighted by Gasteiger charge is 2.27. The van der Waals surface area contributed by atoms with E-state index >= 15 is 0 Å². The Balaban J connectivity index is 2.47. The monoisotopic (exact) mass is 271 g/mol. The van der Waals surface area contributed by atoms with Crippen LogP contribution in [0.2, 0.25) is 0 Å². The number of nitrogens with one attached hydrogen (secondary N) is 1. The zero-order chi connectivity index (χ0) is 14.0. The molecule has 0 bridgehead atoms. The minimum absolute atomic E-state index is 0.152. The molecular formula is C11H8F3N3O2. The number of alkyl halides is 3. The molecule has 0 saturated heterocycles. The second-order valence-corrected chi connectivity index (χ2v) is 3.69. The van der Waals surface area contributed by atoms with Gasteiger partial charge < -0.3 is 10.4 Å². The Bertz CT molecular complexity index is 628. The van der Waals surface area contributed by atoms with Crippen LogP contribution in [0, 0.1) is 0 Å². The summed E-state index contributed by atoms with van der Waals surface area (Å²) in [5.74, 6) is -2.11. The van der Waals surface area contributed by atoms with Gasteiger partial charge in [0.15, 0.2) is 0 Å². The first kappa shape index (κ1) is 13.1. The zero-order valence-corrected chi connectivity index (χ0v) is 9.40. The van der Waals surface area contributed by atoms with Crippen LogP contribution in [0.15, 0.2) is 24.3 Å². The van der Waals surface area contributed by atoms with Gasteiger partial charge in [-0.1, -0.05) is 12.1 Å². The number of carboxylic acid groups (broad SMARTS) is 1. The molecule has 0 atom stereocenters. The number of hydrogen-bond donors (Lipinski definition) is 2. The van der Waals surface area contributed by atoms with E-state index in [0.29, 0.717) is 5.39 Å². The number of carbonyl (C=O) groups is 1. The van der Waals surface area contributed by atoms with E-state index in [2.05, 4.69) is 15.3 Å². The Hall–Kier alpha value is -2.38. The van der Waals surface area contributed by atoms with E-state index in [1.165, 1.54) is 12.1 Å². The fourth-order valence-electron chi connectivity index (χ4n) is 1.49. The molecule has 2 aromatic rings. The number of aromatic nitrogens is 2. The second kappa shape index (κ2) is 4.71. The lowest BCUT2D eigenvalue weighted by atomic mass is 10.2. The average molecular weight is 271 g/mol. The SMILES string of the molecule is O=C(O)c1nc(NCC(F)(F)F)c2ccccc2n1. The summed E-state index contributed by atoms with van der Waals surface area (Å²) in [5, 5.41) is 11.2. The number of hydrogen-bond acceptors (Lipinski definition) is 4. The fraction of sp³-hybridized carbons (Fsp3) is 0.182. The number of halogens is 3. The van der Waals surface area contributed by atoms with Crippen LogP contribution in [0.3, 0.4) is 0 Å². The first-order valence-corrected chi connectivity index (χ1v) is 5.17. The topological polar surface area (TPSA) is 75.1 Å². The van der Waals surface area contributed by atoms with Crippen molar-refractivity contribution in [1.29, 1.82) is 0 Å². The summed E-state index contributed by atoms with van der Waals surface area (Å²) in [6, 6.07) is 6.22. The van der Waals surface area contributed by atoms with Crippen LogP contribution in [0.1, 0.15) is 10.6 Å². The van der Waals surface area contributed by atoms with Gasteiger partial charge in [-0.15, -0.1) is 0 Å². The van der Waals surface area contributed by atoms with E-state index in [-0.39, 0.29) is 11.3 Å². The molecule has 0 spiro atoms.